The number of hydrogen-bond acceptors (Lipinski definition) is 3. The highest BCUT2D eigenvalue weighted by atomic mass is 16.2. The predicted molar refractivity (Wildman–Crippen MR) is 71.8 cm³/mol. The Kier molecular flexibility index (Phi) is 3.15. The average Bonchev–Trinajstić information content (AvgIpc) is 3.23. The Balaban J connectivity index is 1.61. The lowest BCUT2D eigenvalue weighted by Crippen LogP contribution is -2.37. The van der Waals surface area contributed by atoms with Crippen LogP contribution in [0.1, 0.15) is 35.2 Å². The van der Waals surface area contributed by atoms with Crippen LogP contribution in [0.4, 0.5) is 0 Å². The van der Waals surface area contributed by atoms with Gasteiger partial charge in [0.15, 0.2) is 0 Å². The molecule has 3 rings (SSSR count). The maximum Gasteiger partial charge on any atom is 0.251 e. The lowest BCUT2D eigenvalue weighted by molar-refractivity contribution is -0.128. The van der Waals surface area contributed by atoms with Gasteiger partial charge < -0.3 is 10.2 Å². The number of carbonyl (C=O) groups excluding carboxylic acids is 2. The molecule has 0 spiro atoms. The van der Waals surface area contributed by atoms with Gasteiger partial charge in [-0.15, -0.1) is 0 Å². The van der Waals surface area contributed by atoms with Crippen LogP contribution in [0.2, 0.25) is 0 Å². The number of rotatable bonds is 3. The van der Waals surface area contributed by atoms with Gasteiger partial charge in [-0.05, 0) is 37.1 Å². The minimum atomic E-state index is -0.190. The molecule has 0 aromatic heterocycles. The molecule has 2 aliphatic rings. The molecule has 1 aliphatic heterocycles. The van der Waals surface area contributed by atoms with Crippen molar-refractivity contribution >= 4 is 11.8 Å². The highest BCUT2D eigenvalue weighted by Crippen LogP contribution is 2.30. The Morgan fingerprint density at radius 1 is 1.30 bits per heavy atom. The van der Waals surface area contributed by atoms with Crippen LogP contribution in [0.15, 0.2) is 24.3 Å². The zero-order valence-corrected chi connectivity index (χ0v) is 11.0. The van der Waals surface area contributed by atoms with Gasteiger partial charge in [0.05, 0.1) is 17.7 Å². The highest BCUT2D eigenvalue weighted by molar-refractivity contribution is 5.95. The molecule has 1 aromatic rings. The predicted octanol–water partition coefficient (Wildman–Crippen LogP) is 1.05. The van der Waals surface area contributed by atoms with Crippen LogP contribution in [-0.4, -0.2) is 35.3 Å². The van der Waals surface area contributed by atoms with Crippen molar-refractivity contribution in [2.75, 3.05) is 6.54 Å². The molecule has 20 heavy (non-hydrogen) atoms. The van der Waals surface area contributed by atoms with E-state index in [1.807, 2.05) is 11.0 Å². The molecule has 0 bridgehead atoms. The topological polar surface area (TPSA) is 73.2 Å². The molecule has 2 amide bonds. The van der Waals surface area contributed by atoms with Crippen LogP contribution in [0.25, 0.3) is 0 Å². The van der Waals surface area contributed by atoms with Crippen molar-refractivity contribution in [1.29, 1.82) is 5.26 Å². The fourth-order valence-electron chi connectivity index (χ4n) is 2.53. The maximum atomic E-state index is 12.1. The molecule has 1 N–H and O–H groups in total. The second-order valence-electron chi connectivity index (χ2n) is 5.34. The first-order valence-electron chi connectivity index (χ1n) is 6.78. The number of hydrogen-bond donors (Lipinski definition) is 1. The number of benzene rings is 1. The lowest BCUT2D eigenvalue weighted by atomic mass is 10.1. The van der Waals surface area contributed by atoms with Gasteiger partial charge in [-0.25, -0.2) is 0 Å². The van der Waals surface area contributed by atoms with Crippen LogP contribution in [0.5, 0.6) is 0 Å². The Morgan fingerprint density at radius 2 is 2.00 bits per heavy atom. The molecule has 1 saturated carbocycles. The van der Waals surface area contributed by atoms with Gasteiger partial charge in [-0.1, -0.05) is 0 Å². The second kappa shape index (κ2) is 4.97. The van der Waals surface area contributed by atoms with Crippen molar-refractivity contribution in [2.45, 2.75) is 31.3 Å². The number of likely N-dealkylation sites (tertiary alicyclic amines) is 1. The van der Waals surface area contributed by atoms with Gasteiger partial charge >= 0.3 is 0 Å². The van der Waals surface area contributed by atoms with E-state index in [0.717, 1.165) is 12.8 Å². The Labute approximate surface area is 117 Å². The molecule has 102 valence electrons. The molecule has 0 radical (unpaired) electrons. The van der Waals surface area contributed by atoms with Crippen molar-refractivity contribution in [3.63, 3.8) is 0 Å². The van der Waals surface area contributed by atoms with Gasteiger partial charge in [0.1, 0.15) is 0 Å². The smallest absolute Gasteiger partial charge is 0.251 e. The summed E-state index contributed by atoms with van der Waals surface area (Å²) in [4.78, 5) is 25.8. The third-order valence-corrected chi connectivity index (χ3v) is 3.76. The number of nitrogens with one attached hydrogen (secondary N) is 1. The van der Waals surface area contributed by atoms with Gasteiger partial charge in [-0.3, -0.25) is 9.59 Å². The van der Waals surface area contributed by atoms with Crippen molar-refractivity contribution in [2.24, 2.45) is 0 Å². The summed E-state index contributed by atoms with van der Waals surface area (Å²) in [5, 5.41) is 11.6. The standard InChI is InChI=1S/C15H15N3O2/c16-8-10-1-3-11(4-2-10)15(20)17-12-7-14(19)18(9-12)13-5-6-13/h1-4,12-13H,5-7,9H2,(H,17,20)/t12-/m0/s1. The minimum Gasteiger partial charge on any atom is -0.347 e. The quantitative estimate of drug-likeness (QED) is 0.891. The molecule has 0 unspecified atom stereocenters. The van der Waals surface area contributed by atoms with E-state index in [0.29, 0.717) is 30.1 Å². The molecule has 1 saturated heterocycles. The second-order valence-corrected chi connectivity index (χ2v) is 5.34. The summed E-state index contributed by atoms with van der Waals surface area (Å²) >= 11 is 0. The lowest BCUT2D eigenvalue weighted by Gasteiger charge is -2.16. The summed E-state index contributed by atoms with van der Waals surface area (Å²) in [7, 11) is 0. The van der Waals surface area contributed by atoms with Crippen LogP contribution in [-0.2, 0) is 4.79 Å². The van der Waals surface area contributed by atoms with Crippen molar-refractivity contribution in [1.82, 2.24) is 10.2 Å². The molecule has 1 aromatic carbocycles. The first-order valence-corrected chi connectivity index (χ1v) is 6.78. The Bertz CT molecular complexity index is 584. The number of nitrogens with zero attached hydrogens (tertiary/aromatic N) is 2. The van der Waals surface area contributed by atoms with E-state index in [1.54, 1.807) is 24.3 Å². The molecular formula is C15H15N3O2. The molecule has 1 atom stereocenters. The van der Waals surface area contributed by atoms with Gasteiger partial charge in [0, 0.05) is 24.6 Å². The van der Waals surface area contributed by atoms with E-state index >= 15 is 0 Å². The summed E-state index contributed by atoms with van der Waals surface area (Å²) < 4.78 is 0. The van der Waals surface area contributed by atoms with Crippen molar-refractivity contribution in [3.05, 3.63) is 35.4 Å². The largest absolute Gasteiger partial charge is 0.347 e. The van der Waals surface area contributed by atoms with Crippen molar-refractivity contribution in [3.8, 4) is 6.07 Å². The fraction of sp³-hybridized carbons (Fsp3) is 0.400. The number of carbonyl (C=O) groups is 2. The zero-order valence-electron chi connectivity index (χ0n) is 11.0. The Morgan fingerprint density at radius 3 is 2.60 bits per heavy atom. The minimum absolute atomic E-state index is 0.105. The summed E-state index contributed by atoms with van der Waals surface area (Å²) in [6.07, 6.45) is 2.56. The zero-order chi connectivity index (χ0) is 14.1. The summed E-state index contributed by atoms with van der Waals surface area (Å²) in [6, 6.07) is 8.80. The monoisotopic (exact) mass is 269 g/mol. The first-order chi connectivity index (χ1) is 9.67. The van der Waals surface area contributed by atoms with Gasteiger partial charge in [-0.2, -0.15) is 5.26 Å². The normalized spacial score (nSPS) is 21.6. The van der Waals surface area contributed by atoms with E-state index in [1.165, 1.54) is 0 Å². The van der Waals surface area contributed by atoms with Crippen LogP contribution >= 0.6 is 0 Å². The number of nitriles is 1. The molecule has 5 heteroatoms. The number of amides is 2. The highest BCUT2D eigenvalue weighted by Gasteiger charge is 2.39. The van der Waals surface area contributed by atoms with Crippen molar-refractivity contribution < 1.29 is 9.59 Å². The maximum absolute atomic E-state index is 12.1. The van der Waals surface area contributed by atoms with Gasteiger partial charge in [0.2, 0.25) is 5.91 Å². The van der Waals surface area contributed by atoms with Crippen LogP contribution in [0, 0.1) is 11.3 Å². The molecule has 2 fully saturated rings. The molecule has 5 nitrogen and oxygen atoms in total. The van der Waals surface area contributed by atoms with Gasteiger partial charge in [0.25, 0.3) is 5.91 Å². The van der Waals surface area contributed by atoms with E-state index in [4.69, 9.17) is 5.26 Å². The molecule has 1 aliphatic carbocycles. The molecule has 1 heterocycles. The van der Waals surface area contributed by atoms with E-state index in [2.05, 4.69) is 5.32 Å². The Hall–Kier alpha value is -2.35. The average molecular weight is 269 g/mol. The summed E-state index contributed by atoms with van der Waals surface area (Å²) in [6.45, 7) is 0.617. The molecular weight excluding hydrogens is 254 g/mol. The third kappa shape index (κ3) is 2.50. The third-order valence-electron chi connectivity index (χ3n) is 3.76. The SMILES string of the molecule is N#Cc1ccc(C(=O)N[C@H]2CC(=O)N(C3CC3)C2)cc1. The first kappa shape index (κ1) is 12.7. The van der Waals surface area contributed by atoms with E-state index in [-0.39, 0.29) is 17.9 Å². The van der Waals surface area contributed by atoms with Crippen LogP contribution in [0.3, 0.4) is 0 Å². The summed E-state index contributed by atoms with van der Waals surface area (Å²) in [5.74, 6) is -0.0532. The van der Waals surface area contributed by atoms with E-state index < -0.39 is 0 Å². The van der Waals surface area contributed by atoms with E-state index in [9.17, 15) is 9.59 Å². The summed E-state index contributed by atoms with van der Waals surface area (Å²) in [5.41, 5.74) is 1.04. The van der Waals surface area contributed by atoms with Crippen LogP contribution < -0.4 is 5.32 Å². The fourth-order valence-corrected chi connectivity index (χ4v) is 2.53.